The molecule has 0 fully saturated rings. The highest BCUT2D eigenvalue weighted by Gasteiger charge is 2.25. The summed E-state index contributed by atoms with van der Waals surface area (Å²) in [7, 11) is 2.45. The lowest BCUT2D eigenvalue weighted by Gasteiger charge is -2.10. The van der Waals surface area contributed by atoms with E-state index in [0.29, 0.717) is 0 Å². The van der Waals surface area contributed by atoms with Gasteiger partial charge < -0.3 is 9.47 Å². The fourth-order valence-corrected chi connectivity index (χ4v) is 1.98. The minimum atomic E-state index is -1.05. The van der Waals surface area contributed by atoms with Crippen molar-refractivity contribution < 1.29 is 23.6 Å². The van der Waals surface area contributed by atoms with Crippen LogP contribution in [0, 0.1) is 15.9 Å². The number of nitro groups is 1. The van der Waals surface area contributed by atoms with Gasteiger partial charge in [-0.1, -0.05) is 0 Å². The van der Waals surface area contributed by atoms with Crippen LogP contribution in [0.25, 0.3) is 0 Å². The standard InChI is InChI=1S/C10H9BrFNO5/c1-17-7(14)4-5-3-6(13(15)16)9(12)8(11)10(5)18-2/h3H,4H2,1-2H3. The van der Waals surface area contributed by atoms with E-state index < -0.39 is 22.4 Å². The molecule has 0 radical (unpaired) electrons. The molecule has 0 bridgehead atoms. The molecule has 6 nitrogen and oxygen atoms in total. The number of ether oxygens (including phenoxy) is 2. The van der Waals surface area contributed by atoms with Crippen LogP contribution < -0.4 is 4.74 Å². The third-order valence-electron chi connectivity index (χ3n) is 2.18. The Morgan fingerprint density at radius 3 is 2.61 bits per heavy atom. The largest absolute Gasteiger partial charge is 0.495 e. The maximum Gasteiger partial charge on any atom is 0.310 e. The topological polar surface area (TPSA) is 78.7 Å². The number of methoxy groups -OCH3 is 2. The maximum absolute atomic E-state index is 13.6. The lowest BCUT2D eigenvalue weighted by atomic mass is 10.1. The first-order valence-electron chi connectivity index (χ1n) is 4.68. The minimum absolute atomic E-state index is 0.0310. The van der Waals surface area contributed by atoms with E-state index in [0.717, 1.165) is 6.07 Å². The van der Waals surface area contributed by atoms with Crippen LogP contribution in [-0.4, -0.2) is 25.1 Å². The summed E-state index contributed by atoms with van der Waals surface area (Å²) in [6.45, 7) is 0. The summed E-state index contributed by atoms with van der Waals surface area (Å²) < 4.78 is 22.8. The molecule has 0 aliphatic carbocycles. The van der Waals surface area contributed by atoms with Crippen LogP contribution in [0.3, 0.4) is 0 Å². The molecule has 1 aromatic rings. The average molecular weight is 322 g/mol. The van der Waals surface area contributed by atoms with Crippen molar-refractivity contribution in [3.05, 3.63) is 32.0 Å². The molecule has 1 rings (SSSR count). The lowest BCUT2D eigenvalue weighted by Crippen LogP contribution is -2.08. The average Bonchev–Trinajstić information content (AvgIpc) is 2.33. The molecular formula is C10H9BrFNO5. The van der Waals surface area contributed by atoms with E-state index in [1.165, 1.54) is 14.2 Å². The Kier molecular flexibility index (Phi) is 4.60. The third kappa shape index (κ3) is 2.76. The van der Waals surface area contributed by atoms with E-state index in [-0.39, 0.29) is 22.2 Å². The van der Waals surface area contributed by atoms with Crippen LogP contribution in [0.4, 0.5) is 10.1 Å². The van der Waals surface area contributed by atoms with Crippen molar-refractivity contribution in [3.8, 4) is 5.75 Å². The Morgan fingerprint density at radius 1 is 1.56 bits per heavy atom. The van der Waals surface area contributed by atoms with Gasteiger partial charge >= 0.3 is 11.7 Å². The van der Waals surface area contributed by atoms with E-state index in [2.05, 4.69) is 20.7 Å². The second kappa shape index (κ2) is 5.76. The smallest absolute Gasteiger partial charge is 0.310 e. The number of halogens is 2. The molecule has 0 amide bonds. The summed E-state index contributed by atoms with van der Waals surface area (Å²) >= 11 is 2.87. The summed E-state index contributed by atoms with van der Waals surface area (Å²) in [5.74, 6) is -1.63. The summed E-state index contributed by atoms with van der Waals surface area (Å²) in [5.41, 5.74) is -0.564. The Morgan fingerprint density at radius 2 is 2.17 bits per heavy atom. The second-order valence-electron chi connectivity index (χ2n) is 3.23. The number of esters is 1. The van der Waals surface area contributed by atoms with Crippen molar-refractivity contribution in [2.45, 2.75) is 6.42 Å². The van der Waals surface area contributed by atoms with Gasteiger partial charge in [-0.25, -0.2) is 0 Å². The van der Waals surface area contributed by atoms with Crippen molar-refractivity contribution in [3.63, 3.8) is 0 Å². The predicted octanol–water partition coefficient (Wildman–Crippen LogP) is 2.22. The van der Waals surface area contributed by atoms with Gasteiger partial charge in [0.15, 0.2) is 0 Å². The van der Waals surface area contributed by atoms with Crippen molar-refractivity contribution in [2.75, 3.05) is 14.2 Å². The number of carbonyl (C=O) groups is 1. The highest BCUT2D eigenvalue weighted by atomic mass is 79.9. The molecule has 0 unspecified atom stereocenters. The van der Waals surface area contributed by atoms with E-state index in [9.17, 15) is 19.3 Å². The predicted molar refractivity (Wildman–Crippen MR) is 63.0 cm³/mol. The summed E-state index contributed by atoms with van der Waals surface area (Å²) in [4.78, 5) is 21.0. The van der Waals surface area contributed by atoms with Crippen molar-refractivity contribution in [1.29, 1.82) is 0 Å². The first-order valence-corrected chi connectivity index (χ1v) is 5.47. The molecule has 8 heteroatoms. The molecule has 18 heavy (non-hydrogen) atoms. The number of benzene rings is 1. The van der Waals surface area contributed by atoms with Gasteiger partial charge in [0, 0.05) is 11.6 Å². The lowest BCUT2D eigenvalue weighted by molar-refractivity contribution is -0.387. The molecule has 0 aliphatic rings. The Labute approximate surface area is 110 Å². The molecule has 98 valence electrons. The van der Waals surface area contributed by atoms with Gasteiger partial charge in [0.2, 0.25) is 5.82 Å². The fourth-order valence-electron chi connectivity index (χ4n) is 1.36. The van der Waals surface area contributed by atoms with Crippen LogP contribution in [0.5, 0.6) is 5.75 Å². The van der Waals surface area contributed by atoms with E-state index in [1.807, 2.05) is 0 Å². The number of hydrogen-bond donors (Lipinski definition) is 0. The van der Waals surface area contributed by atoms with Crippen LogP contribution in [0.15, 0.2) is 10.5 Å². The zero-order chi connectivity index (χ0) is 13.9. The Bertz CT molecular complexity index is 506. The first kappa shape index (κ1) is 14.4. The number of carbonyl (C=O) groups excluding carboxylic acids is 1. The van der Waals surface area contributed by atoms with Crippen molar-refractivity contribution >= 4 is 27.6 Å². The Balaban J connectivity index is 3.39. The van der Waals surface area contributed by atoms with Crippen LogP contribution in [-0.2, 0) is 16.0 Å². The van der Waals surface area contributed by atoms with Crippen LogP contribution >= 0.6 is 15.9 Å². The number of hydrogen-bond acceptors (Lipinski definition) is 5. The molecule has 0 atom stereocenters. The van der Waals surface area contributed by atoms with Gasteiger partial charge in [0.25, 0.3) is 0 Å². The maximum atomic E-state index is 13.6. The fraction of sp³-hybridized carbons (Fsp3) is 0.300. The molecular weight excluding hydrogens is 313 g/mol. The molecule has 0 aromatic heterocycles. The van der Waals surface area contributed by atoms with Crippen LogP contribution in [0.1, 0.15) is 5.56 Å². The molecule has 0 saturated carbocycles. The molecule has 0 spiro atoms. The van der Waals surface area contributed by atoms with Gasteiger partial charge in [-0.05, 0) is 15.9 Å². The number of nitro benzene ring substituents is 1. The quantitative estimate of drug-likeness (QED) is 0.482. The van der Waals surface area contributed by atoms with Gasteiger partial charge in [-0.3, -0.25) is 14.9 Å². The molecule has 0 saturated heterocycles. The molecule has 0 heterocycles. The molecule has 0 aliphatic heterocycles. The number of rotatable bonds is 4. The zero-order valence-corrected chi connectivity index (χ0v) is 11.1. The van der Waals surface area contributed by atoms with E-state index >= 15 is 0 Å². The monoisotopic (exact) mass is 321 g/mol. The summed E-state index contributed by atoms with van der Waals surface area (Å²) in [6.07, 6.45) is -0.251. The normalized spacial score (nSPS) is 10.0. The second-order valence-corrected chi connectivity index (χ2v) is 4.02. The zero-order valence-electron chi connectivity index (χ0n) is 9.53. The van der Waals surface area contributed by atoms with Crippen molar-refractivity contribution in [2.24, 2.45) is 0 Å². The SMILES string of the molecule is COC(=O)Cc1cc([N+](=O)[O-])c(F)c(Br)c1OC. The Hall–Kier alpha value is -1.70. The van der Waals surface area contributed by atoms with Gasteiger partial charge in [0.1, 0.15) is 10.2 Å². The van der Waals surface area contributed by atoms with Gasteiger partial charge in [-0.2, -0.15) is 4.39 Å². The minimum Gasteiger partial charge on any atom is -0.495 e. The first-order chi connectivity index (χ1) is 8.42. The summed E-state index contributed by atoms with van der Waals surface area (Å²) in [6, 6.07) is 0.954. The highest BCUT2D eigenvalue weighted by Crippen LogP contribution is 2.37. The molecule has 0 N–H and O–H groups in total. The van der Waals surface area contributed by atoms with Gasteiger partial charge in [-0.15, -0.1) is 0 Å². The third-order valence-corrected chi connectivity index (χ3v) is 2.89. The van der Waals surface area contributed by atoms with Crippen LogP contribution in [0.2, 0.25) is 0 Å². The van der Waals surface area contributed by atoms with E-state index in [1.54, 1.807) is 0 Å². The number of nitrogens with zero attached hydrogens (tertiary/aromatic N) is 1. The molecule has 1 aromatic carbocycles. The van der Waals surface area contributed by atoms with Gasteiger partial charge in [0.05, 0.1) is 25.6 Å². The van der Waals surface area contributed by atoms with E-state index in [4.69, 9.17) is 4.74 Å². The van der Waals surface area contributed by atoms with Crippen molar-refractivity contribution in [1.82, 2.24) is 0 Å². The summed E-state index contributed by atoms with van der Waals surface area (Å²) in [5, 5.41) is 10.7. The highest BCUT2D eigenvalue weighted by molar-refractivity contribution is 9.10.